The van der Waals surface area contributed by atoms with Crippen LogP contribution in [0.25, 0.3) is 0 Å². The lowest BCUT2D eigenvalue weighted by molar-refractivity contribution is -0.122. The number of amides is 2. The molecule has 80 valence electrons. The Balaban J connectivity index is 1.94. The van der Waals surface area contributed by atoms with Gasteiger partial charge < -0.3 is 21.1 Å². The first kappa shape index (κ1) is 10.8. The maximum absolute atomic E-state index is 11.2. The van der Waals surface area contributed by atoms with Gasteiger partial charge in [0.05, 0.1) is 6.54 Å². The summed E-state index contributed by atoms with van der Waals surface area (Å²) in [6.07, 6.45) is -0.286. The molecular formula is C8H15N3O3. The maximum atomic E-state index is 11.2. The number of hydrogen-bond acceptors (Lipinski definition) is 4. The van der Waals surface area contributed by atoms with Gasteiger partial charge in [-0.15, -0.1) is 0 Å². The van der Waals surface area contributed by atoms with Gasteiger partial charge in [-0.05, 0) is 19.0 Å². The van der Waals surface area contributed by atoms with E-state index in [1.165, 1.54) is 0 Å². The van der Waals surface area contributed by atoms with Gasteiger partial charge in [-0.1, -0.05) is 0 Å². The van der Waals surface area contributed by atoms with Gasteiger partial charge in [-0.2, -0.15) is 0 Å². The van der Waals surface area contributed by atoms with Crippen molar-refractivity contribution < 1.29 is 14.3 Å². The van der Waals surface area contributed by atoms with E-state index in [-0.39, 0.29) is 12.5 Å². The molecule has 14 heavy (non-hydrogen) atoms. The van der Waals surface area contributed by atoms with Crippen LogP contribution in [0.2, 0.25) is 0 Å². The van der Waals surface area contributed by atoms with Gasteiger partial charge in [0.15, 0.2) is 0 Å². The van der Waals surface area contributed by atoms with E-state index >= 15 is 0 Å². The predicted octanol–water partition coefficient (Wildman–Crippen LogP) is -1.19. The van der Waals surface area contributed by atoms with Crippen LogP contribution in [0.4, 0.5) is 4.79 Å². The second-order valence-corrected chi connectivity index (χ2v) is 3.25. The number of ether oxygens (including phenoxy) is 1. The van der Waals surface area contributed by atoms with E-state index in [4.69, 9.17) is 5.73 Å². The molecule has 1 aliphatic heterocycles. The molecule has 0 saturated carbocycles. The third-order valence-electron chi connectivity index (χ3n) is 2.01. The molecule has 1 heterocycles. The van der Waals surface area contributed by atoms with Crippen LogP contribution >= 0.6 is 0 Å². The van der Waals surface area contributed by atoms with Crippen molar-refractivity contribution in [2.24, 2.45) is 11.7 Å². The molecule has 1 fully saturated rings. The summed E-state index contributed by atoms with van der Waals surface area (Å²) in [5.74, 6) is 0.441. The first-order valence-electron chi connectivity index (χ1n) is 4.58. The Labute approximate surface area is 82.2 Å². The molecule has 0 aromatic carbocycles. The second-order valence-electron chi connectivity index (χ2n) is 3.25. The van der Waals surface area contributed by atoms with Crippen molar-refractivity contribution in [2.45, 2.75) is 6.42 Å². The molecule has 0 radical (unpaired) electrons. The van der Waals surface area contributed by atoms with Crippen LogP contribution in [0.3, 0.4) is 0 Å². The Bertz CT molecular complexity index is 216. The molecule has 1 aliphatic rings. The van der Waals surface area contributed by atoms with Crippen molar-refractivity contribution in [1.29, 1.82) is 0 Å². The highest BCUT2D eigenvalue weighted by Crippen LogP contribution is 2.06. The molecule has 0 bridgehead atoms. The van der Waals surface area contributed by atoms with Gasteiger partial charge in [0.2, 0.25) is 5.91 Å². The Morgan fingerprint density at radius 2 is 2.21 bits per heavy atom. The van der Waals surface area contributed by atoms with Crippen LogP contribution in [0.1, 0.15) is 6.42 Å². The lowest BCUT2D eigenvalue weighted by Crippen LogP contribution is -2.44. The molecule has 0 spiro atoms. The molecule has 0 unspecified atom stereocenters. The van der Waals surface area contributed by atoms with Crippen LogP contribution < -0.4 is 16.4 Å². The minimum atomic E-state index is -0.817. The first-order valence-corrected chi connectivity index (χ1v) is 4.58. The monoisotopic (exact) mass is 201 g/mol. The Morgan fingerprint density at radius 3 is 2.71 bits per heavy atom. The van der Waals surface area contributed by atoms with Crippen molar-refractivity contribution >= 4 is 12.0 Å². The Kier molecular flexibility index (Phi) is 4.18. The average Bonchev–Trinajstić information content (AvgIpc) is 2.05. The SMILES string of the molecule is NC(=O)OCCNC(=O)CC1CNC1. The van der Waals surface area contributed by atoms with Gasteiger partial charge in [-0.3, -0.25) is 4.79 Å². The van der Waals surface area contributed by atoms with E-state index in [0.717, 1.165) is 13.1 Å². The van der Waals surface area contributed by atoms with Crippen LogP contribution in [0.5, 0.6) is 0 Å². The predicted molar refractivity (Wildman–Crippen MR) is 49.5 cm³/mol. The van der Waals surface area contributed by atoms with E-state index in [2.05, 4.69) is 15.4 Å². The summed E-state index contributed by atoms with van der Waals surface area (Å²) in [4.78, 5) is 21.3. The quantitative estimate of drug-likeness (QED) is 0.487. The minimum Gasteiger partial charge on any atom is -0.448 e. The summed E-state index contributed by atoms with van der Waals surface area (Å²) in [5, 5.41) is 5.72. The van der Waals surface area contributed by atoms with Crippen LogP contribution in [-0.4, -0.2) is 38.2 Å². The zero-order valence-electron chi connectivity index (χ0n) is 7.91. The number of nitrogens with two attached hydrogens (primary N) is 1. The summed E-state index contributed by atoms with van der Waals surface area (Å²) >= 11 is 0. The largest absolute Gasteiger partial charge is 0.448 e. The lowest BCUT2D eigenvalue weighted by Gasteiger charge is -2.26. The van der Waals surface area contributed by atoms with E-state index in [1.54, 1.807) is 0 Å². The fourth-order valence-corrected chi connectivity index (χ4v) is 1.17. The number of hydrogen-bond donors (Lipinski definition) is 3. The van der Waals surface area contributed by atoms with Crippen LogP contribution in [0, 0.1) is 5.92 Å². The number of carbonyl (C=O) groups is 2. The molecule has 1 saturated heterocycles. The standard InChI is InChI=1S/C8H15N3O3/c9-8(13)14-2-1-11-7(12)3-6-4-10-5-6/h6,10H,1-5H2,(H2,9,13)(H,11,12). The summed E-state index contributed by atoms with van der Waals surface area (Å²) in [5.41, 5.74) is 4.74. The second kappa shape index (κ2) is 5.43. The van der Waals surface area contributed by atoms with Gasteiger partial charge in [0.25, 0.3) is 0 Å². The van der Waals surface area contributed by atoms with Crippen LogP contribution in [-0.2, 0) is 9.53 Å². The number of primary amides is 1. The Morgan fingerprint density at radius 1 is 1.50 bits per heavy atom. The van der Waals surface area contributed by atoms with Crippen molar-refractivity contribution in [2.75, 3.05) is 26.2 Å². The van der Waals surface area contributed by atoms with Gasteiger partial charge in [0, 0.05) is 6.42 Å². The summed E-state index contributed by atoms with van der Waals surface area (Å²) in [6, 6.07) is 0. The normalized spacial score (nSPS) is 15.7. The molecule has 2 amide bonds. The number of rotatable bonds is 5. The highest BCUT2D eigenvalue weighted by Gasteiger charge is 2.19. The van der Waals surface area contributed by atoms with Crippen molar-refractivity contribution in [1.82, 2.24) is 10.6 Å². The van der Waals surface area contributed by atoms with Gasteiger partial charge in [0.1, 0.15) is 6.61 Å². The Hall–Kier alpha value is -1.30. The third kappa shape index (κ3) is 4.08. The van der Waals surface area contributed by atoms with Gasteiger partial charge in [-0.25, -0.2) is 4.79 Å². The fourth-order valence-electron chi connectivity index (χ4n) is 1.17. The highest BCUT2D eigenvalue weighted by molar-refractivity contribution is 5.76. The molecular weight excluding hydrogens is 186 g/mol. The van der Waals surface area contributed by atoms with Crippen LogP contribution in [0.15, 0.2) is 0 Å². The van der Waals surface area contributed by atoms with E-state index in [1.807, 2.05) is 0 Å². The third-order valence-corrected chi connectivity index (χ3v) is 2.01. The molecule has 4 N–H and O–H groups in total. The smallest absolute Gasteiger partial charge is 0.404 e. The highest BCUT2D eigenvalue weighted by atomic mass is 16.5. The molecule has 0 aromatic heterocycles. The minimum absolute atomic E-state index is 0.00966. The average molecular weight is 201 g/mol. The number of carbonyl (C=O) groups excluding carboxylic acids is 2. The first-order chi connectivity index (χ1) is 6.68. The maximum Gasteiger partial charge on any atom is 0.404 e. The number of nitrogens with one attached hydrogen (secondary N) is 2. The summed E-state index contributed by atoms with van der Waals surface area (Å²) in [7, 11) is 0. The van der Waals surface area contributed by atoms with Crippen molar-refractivity contribution in [3.05, 3.63) is 0 Å². The van der Waals surface area contributed by atoms with Crippen molar-refractivity contribution in [3.8, 4) is 0 Å². The topological polar surface area (TPSA) is 93.5 Å². The zero-order valence-corrected chi connectivity index (χ0v) is 7.91. The molecule has 0 aliphatic carbocycles. The molecule has 6 nitrogen and oxygen atoms in total. The van der Waals surface area contributed by atoms with Gasteiger partial charge >= 0.3 is 6.09 Å². The zero-order chi connectivity index (χ0) is 10.4. The lowest BCUT2D eigenvalue weighted by atomic mass is 9.99. The summed E-state index contributed by atoms with van der Waals surface area (Å²) < 4.78 is 4.45. The molecule has 0 aromatic rings. The van der Waals surface area contributed by atoms with Crippen molar-refractivity contribution in [3.63, 3.8) is 0 Å². The molecule has 0 atom stereocenters. The van der Waals surface area contributed by atoms with E-state index in [0.29, 0.717) is 18.9 Å². The van der Waals surface area contributed by atoms with E-state index in [9.17, 15) is 9.59 Å². The molecule has 1 rings (SSSR count). The molecule has 6 heteroatoms. The van der Waals surface area contributed by atoms with E-state index < -0.39 is 6.09 Å². The fraction of sp³-hybridized carbons (Fsp3) is 0.750. The summed E-state index contributed by atoms with van der Waals surface area (Å²) in [6.45, 7) is 2.27.